The quantitative estimate of drug-likeness (QED) is 0.661. The largest absolute Gasteiger partial charge is 0.388 e. The zero-order chi connectivity index (χ0) is 13.6. The Morgan fingerprint density at radius 3 is 2.94 bits per heavy atom. The molecule has 1 aromatic heterocycles. The normalized spacial score (nSPS) is 14.2. The average molecular weight is 255 g/mol. The van der Waals surface area contributed by atoms with Crippen molar-refractivity contribution in [3.05, 3.63) is 22.2 Å². The highest BCUT2D eigenvalue weighted by Gasteiger charge is 2.19. The summed E-state index contributed by atoms with van der Waals surface area (Å²) in [5.41, 5.74) is -1.09. The Kier molecular flexibility index (Phi) is 5.30. The van der Waals surface area contributed by atoms with Gasteiger partial charge in [0.15, 0.2) is 0 Å². The molecule has 0 fully saturated rings. The second-order valence-corrected chi connectivity index (χ2v) is 4.52. The minimum absolute atomic E-state index is 0.194. The Morgan fingerprint density at radius 2 is 2.33 bits per heavy atom. The van der Waals surface area contributed by atoms with Crippen LogP contribution in [0.5, 0.6) is 0 Å². The van der Waals surface area contributed by atoms with E-state index in [-0.39, 0.29) is 5.56 Å². The fourth-order valence-electron chi connectivity index (χ4n) is 1.46. The molecular weight excluding hydrogens is 234 g/mol. The van der Waals surface area contributed by atoms with Crippen LogP contribution in [-0.4, -0.2) is 40.9 Å². The third-order valence-corrected chi connectivity index (χ3v) is 2.62. The van der Waals surface area contributed by atoms with Crippen LogP contribution in [0.25, 0.3) is 0 Å². The number of hydrogen-bond donors (Lipinski definition) is 3. The third kappa shape index (κ3) is 4.85. The van der Waals surface area contributed by atoms with Gasteiger partial charge >= 0.3 is 0 Å². The highest BCUT2D eigenvalue weighted by molar-refractivity contribution is 5.33. The summed E-state index contributed by atoms with van der Waals surface area (Å²) in [6.45, 7) is 4.43. The third-order valence-electron chi connectivity index (χ3n) is 2.62. The van der Waals surface area contributed by atoms with E-state index in [0.29, 0.717) is 37.6 Å². The van der Waals surface area contributed by atoms with E-state index < -0.39 is 5.60 Å². The standard InChI is InChI=1S/C12H21N3O3/c1-4-9-14-10(7-11(16)15-9)13-8-12(2,17)5-6-18-3/h7,17H,4-6,8H2,1-3H3,(H2,13,14,15,16). The molecule has 0 aromatic carbocycles. The molecule has 3 N–H and O–H groups in total. The van der Waals surface area contributed by atoms with Gasteiger partial charge in [-0.2, -0.15) is 0 Å². The van der Waals surface area contributed by atoms with Gasteiger partial charge < -0.3 is 20.1 Å². The first-order chi connectivity index (χ1) is 8.46. The highest BCUT2D eigenvalue weighted by Crippen LogP contribution is 2.10. The van der Waals surface area contributed by atoms with Gasteiger partial charge in [0.1, 0.15) is 11.6 Å². The van der Waals surface area contributed by atoms with Crippen molar-refractivity contribution in [3.8, 4) is 0 Å². The lowest BCUT2D eigenvalue weighted by Gasteiger charge is -2.23. The first kappa shape index (κ1) is 14.7. The number of aromatic amines is 1. The van der Waals surface area contributed by atoms with Gasteiger partial charge in [-0.3, -0.25) is 4.79 Å². The Hall–Kier alpha value is -1.40. The maximum Gasteiger partial charge on any atom is 0.252 e. The number of H-pyrrole nitrogens is 1. The highest BCUT2D eigenvalue weighted by atomic mass is 16.5. The zero-order valence-corrected chi connectivity index (χ0v) is 11.1. The SMILES string of the molecule is CCc1nc(NCC(C)(O)CCOC)cc(=O)[nH]1. The topological polar surface area (TPSA) is 87.2 Å². The summed E-state index contributed by atoms with van der Waals surface area (Å²) in [7, 11) is 1.59. The van der Waals surface area contributed by atoms with Crippen LogP contribution in [0.1, 0.15) is 26.1 Å². The first-order valence-corrected chi connectivity index (χ1v) is 6.02. The van der Waals surface area contributed by atoms with E-state index in [4.69, 9.17) is 4.74 Å². The summed E-state index contributed by atoms with van der Waals surface area (Å²) >= 11 is 0. The number of anilines is 1. The molecule has 1 heterocycles. The minimum Gasteiger partial charge on any atom is -0.388 e. The lowest BCUT2D eigenvalue weighted by Crippen LogP contribution is -2.35. The molecule has 1 unspecified atom stereocenters. The van der Waals surface area contributed by atoms with Crippen molar-refractivity contribution in [1.82, 2.24) is 9.97 Å². The average Bonchev–Trinajstić information content (AvgIpc) is 2.33. The molecule has 0 spiro atoms. The molecular formula is C12H21N3O3. The Labute approximate surface area is 106 Å². The molecule has 0 aliphatic rings. The number of methoxy groups -OCH3 is 1. The molecule has 0 saturated carbocycles. The number of nitrogens with zero attached hydrogens (tertiary/aromatic N) is 1. The van der Waals surface area contributed by atoms with Crippen LogP contribution in [0.15, 0.2) is 10.9 Å². The van der Waals surface area contributed by atoms with Crippen LogP contribution in [0, 0.1) is 0 Å². The van der Waals surface area contributed by atoms with Crippen LogP contribution >= 0.6 is 0 Å². The molecule has 102 valence electrons. The molecule has 0 aliphatic heterocycles. The zero-order valence-electron chi connectivity index (χ0n) is 11.1. The lowest BCUT2D eigenvalue weighted by atomic mass is 10.0. The Bertz CT molecular complexity index is 429. The fraction of sp³-hybridized carbons (Fsp3) is 0.667. The van der Waals surface area contributed by atoms with Gasteiger partial charge in [0, 0.05) is 39.2 Å². The Morgan fingerprint density at radius 1 is 1.61 bits per heavy atom. The molecule has 0 radical (unpaired) electrons. The summed E-state index contributed by atoms with van der Waals surface area (Å²) in [6, 6.07) is 1.38. The first-order valence-electron chi connectivity index (χ1n) is 6.02. The van der Waals surface area contributed by atoms with Gasteiger partial charge in [0.25, 0.3) is 5.56 Å². The monoisotopic (exact) mass is 255 g/mol. The number of ether oxygens (including phenoxy) is 1. The number of nitrogens with one attached hydrogen (secondary N) is 2. The van der Waals surface area contributed by atoms with E-state index in [0.717, 1.165) is 0 Å². The molecule has 1 rings (SSSR count). The van der Waals surface area contributed by atoms with E-state index in [1.165, 1.54) is 6.07 Å². The second kappa shape index (κ2) is 6.51. The van der Waals surface area contributed by atoms with Crippen molar-refractivity contribution in [1.29, 1.82) is 0 Å². The van der Waals surface area contributed by atoms with Gasteiger partial charge in [0.05, 0.1) is 5.60 Å². The summed E-state index contributed by atoms with van der Waals surface area (Å²) in [4.78, 5) is 18.2. The van der Waals surface area contributed by atoms with Gasteiger partial charge in [-0.1, -0.05) is 6.92 Å². The molecule has 18 heavy (non-hydrogen) atoms. The predicted molar refractivity (Wildman–Crippen MR) is 69.8 cm³/mol. The molecule has 0 aliphatic carbocycles. The smallest absolute Gasteiger partial charge is 0.252 e. The maximum absolute atomic E-state index is 11.3. The molecule has 0 saturated heterocycles. The lowest BCUT2D eigenvalue weighted by molar-refractivity contribution is 0.0357. The van der Waals surface area contributed by atoms with E-state index in [1.54, 1.807) is 14.0 Å². The summed E-state index contributed by atoms with van der Waals surface area (Å²) in [5, 5.41) is 13.0. The van der Waals surface area contributed by atoms with Crippen LogP contribution < -0.4 is 10.9 Å². The van der Waals surface area contributed by atoms with Gasteiger partial charge in [-0.05, 0) is 6.92 Å². The summed E-state index contributed by atoms with van der Waals surface area (Å²) in [6.07, 6.45) is 1.17. The van der Waals surface area contributed by atoms with E-state index in [1.807, 2.05) is 6.92 Å². The van der Waals surface area contributed by atoms with Crippen molar-refractivity contribution < 1.29 is 9.84 Å². The summed E-state index contributed by atoms with van der Waals surface area (Å²) in [5.74, 6) is 1.11. The molecule has 0 amide bonds. The van der Waals surface area contributed by atoms with Crippen LogP contribution in [-0.2, 0) is 11.2 Å². The van der Waals surface area contributed by atoms with Crippen LogP contribution in [0.3, 0.4) is 0 Å². The molecule has 6 heteroatoms. The number of aryl methyl sites for hydroxylation is 1. The van der Waals surface area contributed by atoms with Crippen LogP contribution in [0.4, 0.5) is 5.82 Å². The summed E-state index contributed by atoms with van der Waals surface area (Å²) < 4.78 is 4.93. The van der Waals surface area contributed by atoms with E-state index in [2.05, 4.69) is 15.3 Å². The molecule has 6 nitrogen and oxygen atoms in total. The number of aliphatic hydroxyl groups is 1. The van der Waals surface area contributed by atoms with Crippen molar-refractivity contribution in [3.63, 3.8) is 0 Å². The van der Waals surface area contributed by atoms with Gasteiger partial charge in [-0.15, -0.1) is 0 Å². The number of aromatic nitrogens is 2. The van der Waals surface area contributed by atoms with E-state index >= 15 is 0 Å². The predicted octanol–water partition coefficient (Wildman–Crippen LogP) is 0.532. The van der Waals surface area contributed by atoms with Crippen molar-refractivity contribution >= 4 is 5.82 Å². The van der Waals surface area contributed by atoms with Crippen molar-refractivity contribution in [2.24, 2.45) is 0 Å². The molecule has 1 atom stereocenters. The minimum atomic E-state index is -0.896. The number of hydrogen-bond acceptors (Lipinski definition) is 5. The van der Waals surface area contributed by atoms with Crippen LogP contribution in [0.2, 0.25) is 0 Å². The maximum atomic E-state index is 11.3. The van der Waals surface area contributed by atoms with Crippen molar-refractivity contribution in [2.45, 2.75) is 32.3 Å². The molecule has 0 bridgehead atoms. The van der Waals surface area contributed by atoms with Crippen molar-refractivity contribution in [2.75, 3.05) is 25.6 Å². The fourth-order valence-corrected chi connectivity index (χ4v) is 1.46. The second-order valence-electron chi connectivity index (χ2n) is 4.52. The van der Waals surface area contributed by atoms with Gasteiger partial charge in [0.2, 0.25) is 0 Å². The van der Waals surface area contributed by atoms with E-state index in [9.17, 15) is 9.90 Å². The number of rotatable bonds is 7. The Balaban J connectivity index is 2.62. The van der Waals surface area contributed by atoms with Gasteiger partial charge in [-0.25, -0.2) is 4.98 Å². The molecule has 1 aromatic rings.